The van der Waals surface area contributed by atoms with Crippen LogP contribution in [-0.4, -0.2) is 39.5 Å². The van der Waals surface area contributed by atoms with E-state index in [1.54, 1.807) is 14.0 Å². The monoisotopic (exact) mass is 202 g/mol. The van der Waals surface area contributed by atoms with Gasteiger partial charge in [-0.1, -0.05) is 0 Å². The lowest BCUT2D eigenvalue weighted by Gasteiger charge is -2.03. The maximum absolute atomic E-state index is 11.0. The van der Waals surface area contributed by atoms with Gasteiger partial charge in [0.25, 0.3) is 0 Å². The summed E-state index contributed by atoms with van der Waals surface area (Å²) in [6.45, 7) is 5.52. The molecule has 0 rings (SSSR count). The normalized spacial score (nSPS) is 11.5. The number of carbonyl (C=O) groups excluding carboxylic acids is 1. The molecule has 0 spiro atoms. The lowest BCUT2D eigenvalue weighted by molar-refractivity contribution is -0.137. The van der Waals surface area contributed by atoms with Crippen LogP contribution in [0.15, 0.2) is 11.6 Å². The van der Waals surface area contributed by atoms with Crippen molar-refractivity contribution in [2.75, 3.05) is 33.5 Å². The van der Waals surface area contributed by atoms with E-state index in [1.165, 1.54) is 6.08 Å². The highest BCUT2D eigenvalue weighted by Crippen LogP contribution is 1.95. The molecule has 0 aliphatic rings. The second-order valence-electron chi connectivity index (χ2n) is 2.79. The number of methoxy groups -OCH3 is 1. The van der Waals surface area contributed by atoms with E-state index in [0.717, 1.165) is 5.57 Å². The Bertz CT molecular complexity index is 187. The SMILES string of the molecule is CCOC(=O)/C=C(/C)COCCOC. The summed E-state index contributed by atoms with van der Waals surface area (Å²) in [6.07, 6.45) is 1.44. The first kappa shape index (κ1) is 13.1. The van der Waals surface area contributed by atoms with Crippen LogP contribution in [0.1, 0.15) is 13.8 Å². The Morgan fingerprint density at radius 3 is 2.64 bits per heavy atom. The first-order valence-corrected chi connectivity index (χ1v) is 4.61. The topological polar surface area (TPSA) is 44.8 Å². The van der Waals surface area contributed by atoms with Crippen LogP contribution >= 0.6 is 0 Å². The summed E-state index contributed by atoms with van der Waals surface area (Å²) in [6, 6.07) is 0. The van der Waals surface area contributed by atoms with Gasteiger partial charge in [0.15, 0.2) is 0 Å². The van der Waals surface area contributed by atoms with Crippen LogP contribution < -0.4 is 0 Å². The number of carbonyl (C=O) groups is 1. The first-order chi connectivity index (χ1) is 6.70. The van der Waals surface area contributed by atoms with Crippen molar-refractivity contribution in [3.63, 3.8) is 0 Å². The van der Waals surface area contributed by atoms with Crippen LogP contribution in [0.25, 0.3) is 0 Å². The van der Waals surface area contributed by atoms with Crippen LogP contribution in [0.4, 0.5) is 0 Å². The predicted molar refractivity (Wildman–Crippen MR) is 53.1 cm³/mol. The molecule has 0 amide bonds. The minimum Gasteiger partial charge on any atom is -0.463 e. The van der Waals surface area contributed by atoms with Crippen LogP contribution in [0.5, 0.6) is 0 Å². The molecule has 0 aliphatic carbocycles. The van der Waals surface area contributed by atoms with E-state index in [-0.39, 0.29) is 5.97 Å². The summed E-state index contributed by atoms with van der Waals surface area (Å²) in [7, 11) is 1.62. The van der Waals surface area contributed by atoms with Crippen molar-refractivity contribution in [1.82, 2.24) is 0 Å². The third kappa shape index (κ3) is 7.76. The quantitative estimate of drug-likeness (QED) is 0.353. The van der Waals surface area contributed by atoms with E-state index in [9.17, 15) is 4.79 Å². The fourth-order valence-electron chi connectivity index (χ4n) is 0.802. The lowest BCUT2D eigenvalue weighted by Crippen LogP contribution is -2.06. The summed E-state index contributed by atoms with van der Waals surface area (Å²) < 4.78 is 14.8. The van der Waals surface area contributed by atoms with E-state index in [2.05, 4.69) is 0 Å². The smallest absolute Gasteiger partial charge is 0.330 e. The van der Waals surface area contributed by atoms with Gasteiger partial charge in [0.1, 0.15) is 0 Å². The maximum Gasteiger partial charge on any atom is 0.330 e. The molecule has 0 fully saturated rings. The molecule has 0 saturated carbocycles. The fraction of sp³-hybridized carbons (Fsp3) is 0.700. The molecule has 0 saturated heterocycles. The largest absolute Gasteiger partial charge is 0.463 e. The summed E-state index contributed by atoms with van der Waals surface area (Å²) >= 11 is 0. The summed E-state index contributed by atoms with van der Waals surface area (Å²) in [5.74, 6) is -0.319. The second kappa shape index (κ2) is 8.72. The molecule has 0 bridgehead atoms. The molecule has 0 aromatic heterocycles. The first-order valence-electron chi connectivity index (χ1n) is 4.61. The molecule has 0 heterocycles. The van der Waals surface area contributed by atoms with Gasteiger partial charge in [-0.3, -0.25) is 0 Å². The molecule has 82 valence electrons. The zero-order valence-electron chi connectivity index (χ0n) is 9.04. The Balaban J connectivity index is 3.60. The molecule has 0 aliphatic heterocycles. The van der Waals surface area contributed by atoms with Crippen LogP contribution in [0.2, 0.25) is 0 Å². The summed E-state index contributed by atoms with van der Waals surface area (Å²) in [4.78, 5) is 11.0. The molecule has 0 radical (unpaired) electrons. The Hall–Kier alpha value is -0.870. The minimum atomic E-state index is -0.319. The van der Waals surface area contributed by atoms with E-state index in [1.807, 2.05) is 6.92 Å². The molecule has 14 heavy (non-hydrogen) atoms. The molecule has 0 unspecified atom stereocenters. The second-order valence-corrected chi connectivity index (χ2v) is 2.79. The number of ether oxygens (including phenoxy) is 3. The van der Waals surface area contributed by atoms with Crippen LogP contribution in [0.3, 0.4) is 0 Å². The molecule has 0 aromatic rings. The van der Waals surface area contributed by atoms with E-state index >= 15 is 0 Å². The summed E-state index contributed by atoms with van der Waals surface area (Å²) in [5.41, 5.74) is 0.847. The van der Waals surface area contributed by atoms with Crippen molar-refractivity contribution >= 4 is 5.97 Å². The third-order valence-electron chi connectivity index (χ3n) is 1.41. The van der Waals surface area contributed by atoms with Crippen LogP contribution in [0, 0.1) is 0 Å². The third-order valence-corrected chi connectivity index (χ3v) is 1.41. The van der Waals surface area contributed by atoms with Gasteiger partial charge in [0, 0.05) is 13.2 Å². The van der Waals surface area contributed by atoms with Crippen molar-refractivity contribution in [3.05, 3.63) is 11.6 Å². The number of rotatable bonds is 7. The van der Waals surface area contributed by atoms with Gasteiger partial charge in [-0.15, -0.1) is 0 Å². The molecule has 0 aromatic carbocycles. The highest BCUT2D eigenvalue weighted by molar-refractivity contribution is 5.82. The van der Waals surface area contributed by atoms with E-state index < -0.39 is 0 Å². The van der Waals surface area contributed by atoms with Crippen molar-refractivity contribution in [1.29, 1.82) is 0 Å². The Kier molecular flexibility index (Phi) is 8.17. The highest BCUT2D eigenvalue weighted by atomic mass is 16.5. The van der Waals surface area contributed by atoms with Gasteiger partial charge in [0.05, 0.1) is 26.4 Å². The van der Waals surface area contributed by atoms with Gasteiger partial charge in [0.2, 0.25) is 0 Å². The lowest BCUT2D eigenvalue weighted by atomic mass is 10.3. The molecule has 4 heteroatoms. The maximum atomic E-state index is 11.0. The van der Waals surface area contributed by atoms with Crippen molar-refractivity contribution in [3.8, 4) is 0 Å². The fourth-order valence-corrected chi connectivity index (χ4v) is 0.802. The Labute approximate surface area is 84.8 Å². The number of hydrogen-bond acceptors (Lipinski definition) is 4. The summed E-state index contributed by atoms with van der Waals surface area (Å²) in [5, 5.41) is 0. The van der Waals surface area contributed by atoms with Gasteiger partial charge in [-0.2, -0.15) is 0 Å². The number of hydrogen-bond donors (Lipinski definition) is 0. The molecule has 0 N–H and O–H groups in total. The molecule has 0 atom stereocenters. The predicted octanol–water partition coefficient (Wildman–Crippen LogP) is 1.16. The van der Waals surface area contributed by atoms with E-state index in [0.29, 0.717) is 26.4 Å². The van der Waals surface area contributed by atoms with Crippen molar-refractivity contribution < 1.29 is 19.0 Å². The van der Waals surface area contributed by atoms with Gasteiger partial charge < -0.3 is 14.2 Å². The van der Waals surface area contributed by atoms with Crippen LogP contribution in [-0.2, 0) is 19.0 Å². The molecular formula is C10H18O4. The standard InChI is InChI=1S/C10H18O4/c1-4-14-10(11)7-9(2)8-13-6-5-12-3/h7H,4-6,8H2,1-3H3/b9-7-. The Morgan fingerprint density at radius 2 is 2.07 bits per heavy atom. The van der Waals surface area contributed by atoms with Gasteiger partial charge in [-0.25, -0.2) is 4.79 Å². The van der Waals surface area contributed by atoms with Crippen molar-refractivity contribution in [2.45, 2.75) is 13.8 Å². The molecule has 4 nitrogen and oxygen atoms in total. The highest BCUT2D eigenvalue weighted by Gasteiger charge is 1.97. The molecular weight excluding hydrogens is 184 g/mol. The number of esters is 1. The minimum absolute atomic E-state index is 0.319. The Morgan fingerprint density at radius 1 is 1.36 bits per heavy atom. The van der Waals surface area contributed by atoms with E-state index in [4.69, 9.17) is 14.2 Å². The van der Waals surface area contributed by atoms with Crippen molar-refractivity contribution in [2.24, 2.45) is 0 Å². The zero-order chi connectivity index (χ0) is 10.8. The zero-order valence-corrected chi connectivity index (χ0v) is 9.04. The van der Waals surface area contributed by atoms with Gasteiger partial charge in [-0.05, 0) is 19.4 Å². The average Bonchev–Trinajstić information content (AvgIpc) is 2.13. The average molecular weight is 202 g/mol. The van der Waals surface area contributed by atoms with Gasteiger partial charge >= 0.3 is 5.97 Å².